The number of carbonyl (C=O) groups excluding carboxylic acids is 1. The molecule has 3 rings (SSSR count). The summed E-state index contributed by atoms with van der Waals surface area (Å²) in [5, 5.41) is 1.08. The third kappa shape index (κ3) is 4.12. The van der Waals surface area contributed by atoms with Gasteiger partial charge in [-0.3, -0.25) is 15.6 Å². The Morgan fingerprint density at radius 3 is 2.19 bits per heavy atom. The number of hydrazine groups is 1. The molecule has 0 atom stereocenters. The highest BCUT2D eigenvalue weighted by Gasteiger charge is 2.41. The van der Waals surface area contributed by atoms with E-state index >= 15 is 0 Å². The smallest absolute Gasteiger partial charge is 0.249 e. The van der Waals surface area contributed by atoms with E-state index in [1.54, 1.807) is 12.1 Å². The van der Waals surface area contributed by atoms with E-state index in [-0.39, 0.29) is 5.91 Å². The molecule has 1 amide bonds. The van der Waals surface area contributed by atoms with E-state index in [4.69, 9.17) is 39.5 Å². The normalized spacial score (nSPS) is 16.2. The minimum atomic E-state index is -0.683. The van der Waals surface area contributed by atoms with Gasteiger partial charge < -0.3 is 4.74 Å². The third-order valence-electron chi connectivity index (χ3n) is 4.49. The van der Waals surface area contributed by atoms with E-state index < -0.39 is 5.41 Å². The second-order valence-electron chi connectivity index (χ2n) is 6.02. The van der Waals surface area contributed by atoms with E-state index in [9.17, 15) is 4.79 Å². The molecule has 0 unspecified atom stereocenters. The highest BCUT2D eigenvalue weighted by atomic mass is 79.9. The van der Waals surface area contributed by atoms with Crippen LogP contribution in [0.1, 0.15) is 18.4 Å². The first kappa shape index (κ1) is 19.8. The fourth-order valence-electron chi connectivity index (χ4n) is 3.04. The van der Waals surface area contributed by atoms with Crippen molar-refractivity contribution < 1.29 is 9.53 Å². The van der Waals surface area contributed by atoms with Crippen LogP contribution in [-0.2, 0) is 14.9 Å². The molecule has 0 aliphatic carbocycles. The molecule has 2 aromatic carbocycles. The fraction of sp³-hybridized carbons (Fsp3) is 0.278. The molecule has 0 aromatic heterocycles. The molecular weight excluding hydrogens is 462 g/mol. The van der Waals surface area contributed by atoms with E-state index in [2.05, 4.69) is 26.8 Å². The molecule has 26 heavy (non-hydrogen) atoms. The summed E-state index contributed by atoms with van der Waals surface area (Å²) in [5.41, 5.74) is 6.26. The summed E-state index contributed by atoms with van der Waals surface area (Å²) in [6.07, 6.45) is 1.18. The number of ether oxygens (including phenoxy) is 1. The molecule has 1 fully saturated rings. The van der Waals surface area contributed by atoms with Crippen LogP contribution in [0.4, 0.5) is 5.69 Å². The molecule has 0 bridgehead atoms. The van der Waals surface area contributed by atoms with E-state index in [0.29, 0.717) is 46.8 Å². The molecule has 2 N–H and O–H groups in total. The van der Waals surface area contributed by atoms with Crippen molar-refractivity contribution in [2.75, 3.05) is 18.6 Å². The second-order valence-corrected chi connectivity index (χ2v) is 8.19. The maximum absolute atomic E-state index is 13.1. The molecule has 4 nitrogen and oxygen atoms in total. The zero-order valence-corrected chi connectivity index (χ0v) is 17.5. The standard InChI is InChI=1S/C18H16BrCl3N2O2/c19-12-3-1-11(2-4-12)18(5-7-26-8-6-18)17(25)24-23-16-14(21)9-13(20)10-15(16)22/h1-4,9-10,23H,5-8H2,(H,24,25). The van der Waals surface area contributed by atoms with Crippen LogP contribution in [0.5, 0.6) is 0 Å². The molecule has 8 heteroatoms. The Balaban J connectivity index is 1.84. The first-order valence-corrected chi connectivity index (χ1v) is 9.90. The van der Waals surface area contributed by atoms with E-state index in [0.717, 1.165) is 10.0 Å². The van der Waals surface area contributed by atoms with Gasteiger partial charge in [0, 0.05) is 22.7 Å². The van der Waals surface area contributed by atoms with Crippen molar-refractivity contribution in [3.05, 3.63) is 61.5 Å². The zero-order chi connectivity index (χ0) is 18.7. The molecule has 0 spiro atoms. The van der Waals surface area contributed by atoms with Crippen LogP contribution in [0, 0.1) is 0 Å². The average molecular weight is 479 g/mol. The quantitative estimate of drug-likeness (QED) is 0.563. The number of hydrogen-bond acceptors (Lipinski definition) is 3. The number of rotatable bonds is 4. The van der Waals surface area contributed by atoms with Crippen molar-refractivity contribution in [3.8, 4) is 0 Å². The Morgan fingerprint density at radius 2 is 1.62 bits per heavy atom. The Bertz CT molecular complexity index is 786. The van der Waals surface area contributed by atoms with Crippen LogP contribution in [0.15, 0.2) is 40.9 Å². The number of carbonyl (C=O) groups is 1. The largest absolute Gasteiger partial charge is 0.381 e. The Hall–Kier alpha value is -0.980. The van der Waals surface area contributed by atoms with Crippen LogP contribution in [0.25, 0.3) is 0 Å². The Morgan fingerprint density at radius 1 is 1.04 bits per heavy atom. The van der Waals surface area contributed by atoms with Crippen LogP contribution < -0.4 is 10.9 Å². The summed E-state index contributed by atoms with van der Waals surface area (Å²) in [7, 11) is 0. The lowest BCUT2D eigenvalue weighted by atomic mass is 9.73. The lowest BCUT2D eigenvalue weighted by Crippen LogP contribution is -2.49. The van der Waals surface area contributed by atoms with Crippen LogP contribution in [0.3, 0.4) is 0 Å². The highest BCUT2D eigenvalue weighted by molar-refractivity contribution is 9.10. The molecule has 1 heterocycles. The van der Waals surface area contributed by atoms with Crippen molar-refractivity contribution in [2.45, 2.75) is 18.3 Å². The lowest BCUT2D eigenvalue weighted by molar-refractivity contribution is -0.129. The summed E-state index contributed by atoms with van der Waals surface area (Å²) in [6, 6.07) is 10.9. The SMILES string of the molecule is O=C(NNc1c(Cl)cc(Cl)cc1Cl)C1(c2ccc(Br)cc2)CCOCC1. The predicted octanol–water partition coefficient (Wildman–Crippen LogP) is 5.60. The summed E-state index contributed by atoms with van der Waals surface area (Å²) in [4.78, 5) is 13.1. The van der Waals surface area contributed by atoms with Gasteiger partial charge >= 0.3 is 0 Å². The molecule has 0 saturated carbocycles. The fourth-order valence-corrected chi connectivity index (χ4v) is 4.21. The highest BCUT2D eigenvalue weighted by Crippen LogP contribution is 2.37. The second kappa shape index (κ2) is 8.36. The van der Waals surface area contributed by atoms with E-state index in [1.165, 1.54) is 0 Å². The van der Waals surface area contributed by atoms with Gasteiger partial charge in [0.25, 0.3) is 0 Å². The van der Waals surface area contributed by atoms with Gasteiger partial charge in [-0.2, -0.15) is 0 Å². The van der Waals surface area contributed by atoms with Crippen LogP contribution >= 0.6 is 50.7 Å². The van der Waals surface area contributed by atoms with Crippen LogP contribution in [0.2, 0.25) is 15.1 Å². The van der Waals surface area contributed by atoms with Gasteiger partial charge in [0.05, 0.1) is 21.1 Å². The van der Waals surface area contributed by atoms with E-state index in [1.807, 2.05) is 24.3 Å². The number of benzene rings is 2. The molecule has 1 saturated heterocycles. The number of halogens is 4. The molecular formula is C18H16BrCl3N2O2. The van der Waals surface area contributed by atoms with Gasteiger partial charge in [0.15, 0.2) is 0 Å². The molecule has 2 aromatic rings. The number of hydrogen-bond donors (Lipinski definition) is 2. The topological polar surface area (TPSA) is 50.4 Å². The summed E-state index contributed by atoms with van der Waals surface area (Å²) in [5.74, 6) is -0.162. The van der Waals surface area contributed by atoms with Crippen molar-refractivity contribution in [3.63, 3.8) is 0 Å². The van der Waals surface area contributed by atoms with Gasteiger partial charge in [0.1, 0.15) is 0 Å². The van der Waals surface area contributed by atoms with Gasteiger partial charge in [-0.15, -0.1) is 0 Å². The van der Waals surface area contributed by atoms with Crippen molar-refractivity contribution in [1.29, 1.82) is 0 Å². The number of anilines is 1. The average Bonchev–Trinajstić information content (AvgIpc) is 2.61. The first-order chi connectivity index (χ1) is 12.4. The predicted molar refractivity (Wildman–Crippen MR) is 109 cm³/mol. The van der Waals surface area contributed by atoms with Gasteiger partial charge in [-0.25, -0.2) is 0 Å². The monoisotopic (exact) mass is 476 g/mol. The maximum atomic E-state index is 13.1. The van der Waals surface area contributed by atoms with Gasteiger partial charge in [-0.1, -0.05) is 62.9 Å². The van der Waals surface area contributed by atoms with Crippen LogP contribution in [-0.4, -0.2) is 19.1 Å². The minimum Gasteiger partial charge on any atom is -0.381 e. The third-order valence-corrected chi connectivity index (χ3v) is 5.83. The van der Waals surface area contributed by atoms with Gasteiger partial charge in [0.2, 0.25) is 5.91 Å². The van der Waals surface area contributed by atoms with Crippen molar-refractivity contribution in [2.24, 2.45) is 0 Å². The zero-order valence-electron chi connectivity index (χ0n) is 13.6. The van der Waals surface area contributed by atoms with Gasteiger partial charge in [-0.05, 0) is 42.7 Å². The lowest BCUT2D eigenvalue weighted by Gasteiger charge is -2.36. The number of amides is 1. The summed E-state index contributed by atoms with van der Waals surface area (Å²) >= 11 is 21.7. The molecule has 138 valence electrons. The van der Waals surface area contributed by atoms with Crippen molar-refractivity contribution >= 4 is 62.3 Å². The maximum Gasteiger partial charge on any atom is 0.249 e. The minimum absolute atomic E-state index is 0.162. The Labute approximate surface area is 175 Å². The number of nitrogens with one attached hydrogen (secondary N) is 2. The summed E-state index contributed by atoms with van der Waals surface area (Å²) < 4.78 is 6.43. The van der Waals surface area contributed by atoms with Crippen molar-refractivity contribution in [1.82, 2.24) is 5.43 Å². The molecule has 1 aliphatic heterocycles. The Kier molecular flexibility index (Phi) is 6.36. The first-order valence-electron chi connectivity index (χ1n) is 7.97. The summed E-state index contributed by atoms with van der Waals surface area (Å²) in [6.45, 7) is 1.04. The molecule has 1 aliphatic rings. The molecule has 0 radical (unpaired) electrons.